The maximum absolute atomic E-state index is 9.67. The monoisotopic (exact) mass is 244 g/mol. The molecule has 96 valence electrons. The van der Waals surface area contributed by atoms with Crippen LogP contribution in [0.3, 0.4) is 0 Å². The molecule has 0 atom stereocenters. The topological polar surface area (TPSA) is 40.5 Å². The van der Waals surface area contributed by atoms with Crippen molar-refractivity contribution in [2.75, 3.05) is 0 Å². The Hall–Kier alpha value is -1.96. The third-order valence-corrected chi connectivity index (χ3v) is 2.78. The number of allylic oxidation sites excluding steroid dienone is 4. The fourth-order valence-electron chi connectivity index (χ4n) is 1.69. The molecular weight excluding hydrogens is 224 g/mol. The van der Waals surface area contributed by atoms with Crippen molar-refractivity contribution < 1.29 is 10.2 Å². The molecule has 0 bridgehead atoms. The standard InChI is InChI=1S/C16H20O2/c1-4-12(2)6-5-7-13(3)10-14-11-15(17)8-9-16(14)18/h4,7-9,11,17-18H,1-2,5-6,10H2,3H3. The molecule has 0 amide bonds. The summed E-state index contributed by atoms with van der Waals surface area (Å²) < 4.78 is 0. The number of phenolic OH excluding ortho intramolecular Hbond substituents is 2. The number of hydrogen-bond donors (Lipinski definition) is 2. The minimum atomic E-state index is 0.177. The van der Waals surface area contributed by atoms with Crippen LogP contribution < -0.4 is 0 Å². The lowest BCUT2D eigenvalue weighted by Gasteiger charge is -2.06. The van der Waals surface area contributed by atoms with Gasteiger partial charge in [0.05, 0.1) is 0 Å². The molecule has 0 radical (unpaired) electrons. The van der Waals surface area contributed by atoms with Crippen LogP contribution in [0.15, 0.2) is 54.7 Å². The Balaban J connectivity index is 2.60. The van der Waals surface area contributed by atoms with Crippen LogP contribution >= 0.6 is 0 Å². The Morgan fingerprint density at radius 3 is 2.72 bits per heavy atom. The van der Waals surface area contributed by atoms with Gasteiger partial charge in [0.1, 0.15) is 11.5 Å². The van der Waals surface area contributed by atoms with Crippen LogP contribution in [0.2, 0.25) is 0 Å². The molecule has 2 nitrogen and oxygen atoms in total. The molecule has 0 spiro atoms. The van der Waals surface area contributed by atoms with Crippen LogP contribution in [0, 0.1) is 0 Å². The molecule has 0 fully saturated rings. The second-order valence-corrected chi connectivity index (χ2v) is 4.44. The van der Waals surface area contributed by atoms with Crippen molar-refractivity contribution in [2.45, 2.75) is 26.2 Å². The van der Waals surface area contributed by atoms with Crippen molar-refractivity contribution >= 4 is 0 Å². The van der Waals surface area contributed by atoms with Gasteiger partial charge >= 0.3 is 0 Å². The zero-order valence-electron chi connectivity index (χ0n) is 10.8. The summed E-state index contributed by atoms with van der Waals surface area (Å²) in [6.45, 7) is 9.54. The predicted octanol–water partition coefficient (Wildman–Crippen LogP) is 4.11. The van der Waals surface area contributed by atoms with Gasteiger partial charge < -0.3 is 10.2 Å². The average Bonchev–Trinajstić information content (AvgIpc) is 2.33. The Labute approximate surface area is 109 Å². The summed E-state index contributed by atoms with van der Waals surface area (Å²) in [5.74, 6) is 0.395. The molecule has 1 rings (SSSR count). The first-order valence-electron chi connectivity index (χ1n) is 5.99. The summed E-state index contributed by atoms with van der Waals surface area (Å²) in [4.78, 5) is 0. The normalized spacial score (nSPS) is 11.3. The van der Waals surface area contributed by atoms with Crippen LogP contribution in [0.5, 0.6) is 11.5 Å². The largest absolute Gasteiger partial charge is 0.508 e. The van der Waals surface area contributed by atoms with Crippen molar-refractivity contribution in [3.8, 4) is 11.5 Å². The quantitative estimate of drug-likeness (QED) is 0.449. The van der Waals surface area contributed by atoms with E-state index >= 15 is 0 Å². The molecule has 1 aromatic rings. The van der Waals surface area contributed by atoms with Crippen LogP contribution in [-0.4, -0.2) is 10.2 Å². The van der Waals surface area contributed by atoms with Gasteiger partial charge in [0.25, 0.3) is 0 Å². The maximum atomic E-state index is 9.67. The lowest BCUT2D eigenvalue weighted by molar-refractivity contribution is 0.455. The Morgan fingerprint density at radius 1 is 1.33 bits per heavy atom. The Bertz CT molecular complexity index is 470. The van der Waals surface area contributed by atoms with Crippen molar-refractivity contribution in [2.24, 2.45) is 0 Å². The third kappa shape index (κ3) is 4.50. The molecule has 18 heavy (non-hydrogen) atoms. The molecular formula is C16H20O2. The summed E-state index contributed by atoms with van der Waals surface area (Å²) >= 11 is 0. The first-order chi connectivity index (χ1) is 8.52. The van der Waals surface area contributed by atoms with Crippen LogP contribution in [-0.2, 0) is 6.42 Å². The maximum Gasteiger partial charge on any atom is 0.119 e. The Kier molecular flexibility index (Phi) is 5.25. The smallest absolute Gasteiger partial charge is 0.119 e. The minimum Gasteiger partial charge on any atom is -0.508 e. The summed E-state index contributed by atoms with van der Waals surface area (Å²) in [6, 6.07) is 4.58. The van der Waals surface area contributed by atoms with E-state index in [1.807, 2.05) is 6.92 Å². The highest BCUT2D eigenvalue weighted by molar-refractivity contribution is 5.40. The van der Waals surface area contributed by atoms with Gasteiger partial charge in [-0.2, -0.15) is 0 Å². The second-order valence-electron chi connectivity index (χ2n) is 4.44. The molecule has 0 aliphatic carbocycles. The number of hydrogen-bond acceptors (Lipinski definition) is 2. The molecule has 0 saturated carbocycles. The van der Waals surface area contributed by atoms with Gasteiger partial charge in [-0.3, -0.25) is 0 Å². The van der Waals surface area contributed by atoms with Gasteiger partial charge in [-0.15, -0.1) is 0 Å². The van der Waals surface area contributed by atoms with Crippen LogP contribution in [0.25, 0.3) is 0 Å². The average molecular weight is 244 g/mol. The predicted molar refractivity (Wildman–Crippen MR) is 75.8 cm³/mol. The van der Waals surface area contributed by atoms with Gasteiger partial charge in [0.15, 0.2) is 0 Å². The van der Waals surface area contributed by atoms with E-state index in [1.165, 1.54) is 12.1 Å². The van der Waals surface area contributed by atoms with Gasteiger partial charge in [-0.05, 0) is 44.4 Å². The summed E-state index contributed by atoms with van der Waals surface area (Å²) in [7, 11) is 0. The first kappa shape index (κ1) is 14.1. The zero-order valence-corrected chi connectivity index (χ0v) is 10.8. The van der Waals surface area contributed by atoms with Crippen molar-refractivity contribution in [1.29, 1.82) is 0 Å². The van der Waals surface area contributed by atoms with Gasteiger partial charge in [0.2, 0.25) is 0 Å². The van der Waals surface area contributed by atoms with Crippen molar-refractivity contribution in [3.63, 3.8) is 0 Å². The lowest BCUT2D eigenvalue weighted by Crippen LogP contribution is -1.88. The second kappa shape index (κ2) is 6.70. The summed E-state index contributed by atoms with van der Waals surface area (Å²) in [5.41, 5.74) is 2.93. The zero-order chi connectivity index (χ0) is 13.5. The summed E-state index contributed by atoms with van der Waals surface area (Å²) in [6.07, 6.45) is 6.34. The third-order valence-electron chi connectivity index (χ3n) is 2.78. The van der Waals surface area contributed by atoms with Gasteiger partial charge in [0, 0.05) is 5.56 Å². The fraction of sp³-hybridized carbons (Fsp3) is 0.250. The lowest BCUT2D eigenvalue weighted by atomic mass is 10.0. The number of aromatic hydroxyl groups is 2. The van der Waals surface area contributed by atoms with E-state index in [4.69, 9.17) is 0 Å². The highest BCUT2D eigenvalue weighted by Crippen LogP contribution is 2.24. The first-order valence-corrected chi connectivity index (χ1v) is 5.99. The molecule has 0 saturated heterocycles. The molecule has 1 aromatic carbocycles. The molecule has 0 unspecified atom stereocenters. The van der Waals surface area contributed by atoms with Crippen LogP contribution in [0.4, 0.5) is 0 Å². The molecule has 2 N–H and O–H groups in total. The van der Waals surface area contributed by atoms with Crippen molar-refractivity contribution in [1.82, 2.24) is 0 Å². The fourth-order valence-corrected chi connectivity index (χ4v) is 1.69. The van der Waals surface area contributed by atoms with Gasteiger partial charge in [-0.25, -0.2) is 0 Å². The van der Waals surface area contributed by atoms with E-state index in [0.717, 1.165) is 29.6 Å². The van der Waals surface area contributed by atoms with E-state index in [-0.39, 0.29) is 11.5 Å². The van der Waals surface area contributed by atoms with E-state index in [9.17, 15) is 10.2 Å². The van der Waals surface area contributed by atoms with Crippen LogP contribution in [0.1, 0.15) is 25.3 Å². The molecule has 0 aromatic heterocycles. The van der Waals surface area contributed by atoms with E-state index in [0.29, 0.717) is 6.42 Å². The van der Waals surface area contributed by atoms with Crippen molar-refractivity contribution in [3.05, 3.63) is 60.2 Å². The molecule has 0 aliphatic heterocycles. The van der Waals surface area contributed by atoms with E-state index in [1.54, 1.807) is 12.1 Å². The molecule has 2 heteroatoms. The molecule has 0 aliphatic rings. The highest BCUT2D eigenvalue weighted by Gasteiger charge is 2.03. The number of phenols is 2. The summed E-state index contributed by atoms with van der Waals surface area (Å²) in [5, 5.41) is 19.0. The minimum absolute atomic E-state index is 0.177. The van der Waals surface area contributed by atoms with Gasteiger partial charge in [-0.1, -0.05) is 36.5 Å². The SMILES string of the molecule is C=CC(=C)CCC=C(C)Cc1cc(O)ccc1O. The highest BCUT2D eigenvalue weighted by atomic mass is 16.3. The number of benzene rings is 1. The van der Waals surface area contributed by atoms with E-state index in [2.05, 4.69) is 19.2 Å². The molecule has 0 heterocycles. The Morgan fingerprint density at radius 2 is 2.06 bits per heavy atom. The van der Waals surface area contributed by atoms with E-state index < -0.39 is 0 Å². The number of rotatable bonds is 6.